The normalized spacial score (nSPS) is 16.2. The molecule has 1 saturated heterocycles. The fourth-order valence-electron chi connectivity index (χ4n) is 3.39. The number of hydrogen-bond donors (Lipinski definition) is 1. The number of nitrogens with one attached hydrogen (secondary N) is 1. The lowest BCUT2D eigenvalue weighted by molar-refractivity contribution is -0.151. The van der Waals surface area contributed by atoms with Crippen LogP contribution in [0.3, 0.4) is 0 Å². The molecule has 3 rings (SSSR count). The maximum Gasteiger partial charge on any atom is 0.311 e. The van der Waals surface area contributed by atoms with Crippen LogP contribution >= 0.6 is 0 Å². The van der Waals surface area contributed by atoms with Crippen LogP contribution in [0.15, 0.2) is 48.5 Å². The first-order chi connectivity index (χ1) is 13.8. The molecule has 0 aromatic heterocycles. The average Bonchev–Trinajstić information content (AvgIpc) is 3.09. The minimum Gasteiger partial charge on any atom is -0.455 e. The first kappa shape index (κ1) is 20.6. The number of anilines is 2. The van der Waals surface area contributed by atoms with Crippen molar-refractivity contribution in [1.82, 2.24) is 0 Å². The number of rotatable bonds is 6. The monoisotopic (exact) mass is 394 g/mol. The first-order valence-corrected chi connectivity index (χ1v) is 9.77. The topological polar surface area (TPSA) is 75.7 Å². The molecule has 29 heavy (non-hydrogen) atoms. The molecule has 1 aliphatic heterocycles. The summed E-state index contributed by atoms with van der Waals surface area (Å²) in [5.74, 6) is -1.36. The summed E-state index contributed by atoms with van der Waals surface area (Å²) in [4.78, 5) is 38.5. The number of para-hydroxylation sites is 1. The van der Waals surface area contributed by atoms with Crippen LogP contribution in [0.1, 0.15) is 37.3 Å². The van der Waals surface area contributed by atoms with E-state index in [1.807, 2.05) is 69.3 Å². The third-order valence-corrected chi connectivity index (χ3v) is 5.01. The second kappa shape index (κ2) is 8.90. The summed E-state index contributed by atoms with van der Waals surface area (Å²) in [5, 5.41) is 2.79. The molecule has 1 fully saturated rings. The maximum absolute atomic E-state index is 12.4. The number of hydrogen-bond acceptors (Lipinski definition) is 4. The number of ether oxygens (including phenoxy) is 1. The van der Waals surface area contributed by atoms with Gasteiger partial charge in [0.25, 0.3) is 5.91 Å². The molecule has 1 heterocycles. The van der Waals surface area contributed by atoms with Gasteiger partial charge in [-0.05, 0) is 36.6 Å². The molecule has 2 aromatic carbocycles. The second-order valence-corrected chi connectivity index (χ2v) is 7.64. The Morgan fingerprint density at radius 3 is 2.52 bits per heavy atom. The van der Waals surface area contributed by atoms with Crippen molar-refractivity contribution in [3.63, 3.8) is 0 Å². The van der Waals surface area contributed by atoms with Gasteiger partial charge in [-0.25, -0.2) is 0 Å². The summed E-state index contributed by atoms with van der Waals surface area (Å²) >= 11 is 0. The van der Waals surface area contributed by atoms with Crippen LogP contribution < -0.4 is 10.2 Å². The van der Waals surface area contributed by atoms with E-state index in [9.17, 15) is 14.4 Å². The van der Waals surface area contributed by atoms with Crippen LogP contribution in [0.4, 0.5) is 11.4 Å². The Balaban J connectivity index is 1.54. The molecule has 152 valence electrons. The molecule has 0 unspecified atom stereocenters. The number of esters is 1. The van der Waals surface area contributed by atoms with Gasteiger partial charge in [0, 0.05) is 24.3 Å². The van der Waals surface area contributed by atoms with Crippen molar-refractivity contribution in [3.8, 4) is 0 Å². The highest BCUT2D eigenvalue weighted by Gasteiger charge is 2.36. The van der Waals surface area contributed by atoms with Crippen LogP contribution in [0.25, 0.3) is 0 Å². The molecule has 1 aliphatic rings. The molecule has 2 amide bonds. The van der Waals surface area contributed by atoms with E-state index in [1.165, 1.54) is 0 Å². The van der Waals surface area contributed by atoms with Crippen LogP contribution in [-0.4, -0.2) is 30.9 Å². The lowest BCUT2D eigenvalue weighted by atomic mass is 10.0. The van der Waals surface area contributed by atoms with Gasteiger partial charge in [0.15, 0.2) is 6.61 Å². The molecule has 0 saturated carbocycles. The lowest BCUT2D eigenvalue weighted by Crippen LogP contribution is -2.28. The lowest BCUT2D eigenvalue weighted by Gasteiger charge is -2.17. The Morgan fingerprint density at radius 2 is 1.83 bits per heavy atom. The van der Waals surface area contributed by atoms with E-state index in [-0.39, 0.29) is 31.4 Å². The van der Waals surface area contributed by atoms with Crippen molar-refractivity contribution in [3.05, 3.63) is 59.7 Å². The number of amides is 2. The number of nitrogens with zero attached hydrogens (tertiary/aromatic N) is 1. The smallest absolute Gasteiger partial charge is 0.311 e. The Labute approximate surface area is 170 Å². The summed E-state index contributed by atoms with van der Waals surface area (Å²) in [6.07, 6.45) is 0.0878. The quantitative estimate of drug-likeness (QED) is 0.759. The summed E-state index contributed by atoms with van der Waals surface area (Å²) in [6.45, 7) is 5.95. The molecule has 0 radical (unpaired) electrons. The molecule has 2 aromatic rings. The molecule has 1 atom stereocenters. The van der Waals surface area contributed by atoms with Crippen molar-refractivity contribution in [1.29, 1.82) is 0 Å². The summed E-state index contributed by atoms with van der Waals surface area (Å²) in [7, 11) is 0. The highest BCUT2D eigenvalue weighted by Crippen LogP contribution is 2.26. The summed E-state index contributed by atoms with van der Waals surface area (Å²) in [5.41, 5.74) is 3.59. The zero-order valence-electron chi connectivity index (χ0n) is 17.0. The minimum atomic E-state index is -0.570. The van der Waals surface area contributed by atoms with E-state index in [2.05, 4.69) is 5.32 Å². The van der Waals surface area contributed by atoms with Gasteiger partial charge >= 0.3 is 5.97 Å². The SMILES string of the molecule is Cc1ccc(N2C[C@H](C(=O)OCC(=O)Nc3ccccc3C(C)C)CC2=O)cc1. The Hall–Kier alpha value is -3.15. The standard InChI is InChI=1S/C23H26N2O4/c1-15(2)19-6-4-5-7-20(19)24-21(26)14-29-23(28)17-12-22(27)25(13-17)18-10-8-16(3)9-11-18/h4-11,15,17H,12-14H2,1-3H3,(H,24,26)/t17-/m1/s1. The molecule has 0 spiro atoms. The summed E-state index contributed by atoms with van der Waals surface area (Å²) < 4.78 is 5.18. The maximum atomic E-state index is 12.4. The molecule has 1 N–H and O–H groups in total. The minimum absolute atomic E-state index is 0.0878. The highest BCUT2D eigenvalue weighted by atomic mass is 16.5. The summed E-state index contributed by atoms with van der Waals surface area (Å²) in [6, 6.07) is 15.1. The van der Waals surface area contributed by atoms with Crippen molar-refractivity contribution in [2.45, 2.75) is 33.1 Å². The van der Waals surface area contributed by atoms with E-state index in [4.69, 9.17) is 4.74 Å². The molecule has 0 bridgehead atoms. The number of benzene rings is 2. The third-order valence-electron chi connectivity index (χ3n) is 5.01. The van der Waals surface area contributed by atoms with Gasteiger partial charge < -0.3 is 15.0 Å². The van der Waals surface area contributed by atoms with Gasteiger partial charge in [-0.15, -0.1) is 0 Å². The Kier molecular flexibility index (Phi) is 6.32. The Bertz CT molecular complexity index is 905. The zero-order valence-corrected chi connectivity index (χ0v) is 17.0. The largest absolute Gasteiger partial charge is 0.455 e. The van der Waals surface area contributed by atoms with Crippen LogP contribution in [0.5, 0.6) is 0 Å². The zero-order chi connectivity index (χ0) is 21.0. The van der Waals surface area contributed by atoms with Crippen molar-refractivity contribution >= 4 is 29.2 Å². The van der Waals surface area contributed by atoms with E-state index in [1.54, 1.807) is 4.90 Å². The van der Waals surface area contributed by atoms with E-state index < -0.39 is 17.8 Å². The van der Waals surface area contributed by atoms with Gasteiger partial charge in [-0.2, -0.15) is 0 Å². The van der Waals surface area contributed by atoms with E-state index in [0.717, 1.165) is 16.8 Å². The Morgan fingerprint density at radius 1 is 1.14 bits per heavy atom. The predicted molar refractivity (Wildman–Crippen MR) is 112 cm³/mol. The van der Waals surface area contributed by atoms with E-state index >= 15 is 0 Å². The van der Waals surface area contributed by atoms with Gasteiger partial charge in [-0.3, -0.25) is 14.4 Å². The van der Waals surface area contributed by atoms with Crippen LogP contribution in [-0.2, 0) is 19.1 Å². The van der Waals surface area contributed by atoms with Crippen LogP contribution in [0.2, 0.25) is 0 Å². The third kappa shape index (κ3) is 5.02. The second-order valence-electron chi connectivity index (χ2n) is 7.64. The first-order valence-electron chi connectivity index (χ1n) is 9.77. The van der Waals surface area contributed by atoms with Crippen LogP contribution in [0, 0.1) is 12.8 Å². The van der Waals surface area contributed by atoms with Crippen molar-refractivity contribution in [2.24, 2.45) is 5.92 Å². The predicted octanol–water partition coefficient (Wildman–Crippen LogP) is 3.65. The van der Waals surface area contributed by atoms with Crippen molar-refractivity contribution < 1.29 is 19.1 Å². The number of aryl methyl sites for hydroxylation is 1. The van der Waals surface area contributed by atoms with Crippen molar-refractivity contribution in [2.75, 3.05) is 23.4 Å². The number of carbonyl (C=O) groups is 3. The molecule has 6 heteroatoms. The van der Waals surface area contributed by atoms with Gasteiger partial charge in [-0.1, -0.05) is 49.7 Å². The van der Waals surface area contributed by atoms with Gasteiger partial charge in [0.1, 0.15) is 0 Å². The molecule has 0 aliphatic carbocycles. The fraction of sp³-hybridized carbons (Fsp3) is 0.348. The fourth-order valence-corrected chi connectivity index (χ4v) is 3.39. The molecule has 6 nitrogen and oxygen atoms in total. The molecular formula is C23H26N2O4. The highest BCUT2D eigenvalue weighted by molar-refractivity contribution is 6.00. The number of carbonyl (C=O) groups excluding carboxylic acids is 3. The molecular weight excluding hydrogens is 368 g/mol. The van der Waals surface area contributed by atoms with Gasteiger partial charge in [0.2, 0.25) is 5.91 Å². The van der Waals surface area contributed by atoms with E-state index in [0.29, 0.717) is 5.69 Å². The average molecular weight is 394 g/mol. The van der Waals surface area contributed by atoms with Gasteiger partial charge in [0.05, 0.1) is 5.92 Å².